The van der Waals surface area contributed by atoms with Crippen LogP contribution in [0.25, 0.3) is 0 Å². The molecule has 0 amide bonds. The fourth-order valence-corrected chi connectivity index (χ4v) is 3.66. The average Bonchev–Trinajstić information content (AvgIpc) is 2.87. The number of rotatable bonds is 5. The summed E-state index contributed by atoms with van der Waals surface area (Å²) >= 11 is 0. The van der Waals surface area contributed by atoms with Crippen molar-refractivity contribution in [3.8, 4) is 11.5 Å². The molecule has 3 rings (SSSR count). The highest BCUT2D eigenvalue weighted by atomic mass is 16.7. The fraction of sp³-hybridized carbons (Fsp3) is 0.667. The van der Waals surface area contributed by atoms with E-state index in [0.29, 0.717) is 12.8 Å². The maximum atomic E-state index is 5.58. The Hall–Kier alpha value is -1.22. The van der Waals surface area contributed by atoms with E-state index in [1.54, 1.807) is 0 Å². The summed E-state index contributed by atoms with van der Waals surface area (Å²) in [7, 11) is 0. The van der Waals surface area contributed by atoms with Crippen molar-refractivity contribution >= 4 is 0 Å². The van der Waals surface area contributed by atoms with Crippen LogP contribution < -0.4 is 14.8 Å². The zero-order valence-electron chi connectivity index (χ0n) is 13.1. The first-order chi connectivity index (χ1) is 10.4. The van der Waals surface area contributed by atoms with Gasteiger partial charge in [0, 0.05) is 18.2 Å². The van der Waals surface area contributed by atoms with Gasteiger partial charge in [-0.15, -0.1) is 0 Å². The standard InChI is InChI=1S/C18H27NO2/c1-2-5-14-6-3-8-16(11-10-14)19-12-15-7-4-9-17-18(15)21-13-20-17/h4,7,9,14,16,19H,2-3,5-6,8,10-13H2,1H3. The Balaban J connectivity index is 1.52. The molecule has 0 aromatic heterocycles. The second kappa shape index (κ2) is 7.17. The summed E-state index contributed by atoms with van der Waals surface area (Å²) in [6, 6.07) is 6.82. The molecule has 0 bridgehead atoms. The van der Waals surface area contributed by atoms with Crippen molar-refractivity contribution in [2.75, 3.05) is 6.79 Å². The van der Waals surface area contributed by atoms with Gasteiger partial charge in [-0.3, -0.25) is 0 Å². The van der Waals surface area contributed by atoms with Crippen LogP contribution in [0.2, 0.25) is 0 Å². The van der Waals surface area contributed by atoms with Gasteiger partial charge in [-0.1, -0.05) is 44.7 Å². The molecule has 3 nitrogen and oxygen atoms in total. The van der Waals surface area contributed by atoms with Gasteiger partial charge < -0.3 is 14.8 Å². The molecule has 1 saturated carbocycles. The third-order valence-electron chi connectivity index (χ3n) is 4.84. The number of nitrogens with one attached hydrogen (secondary N) is 1. The molecule has 1 heterocycles. The molecule has 1 aromatic carbocycles. The van der Waals surface area contributed by atoms with E-state index in [-0.39, 0.29) is 0 Å². The molecule has 1 aromatic rings. The van der Waals surface area contributed by atoms with E-state index in [1.165, 1.54) is 50.5 Å². The fourth-order valence-electron chi connectivity index (χ4n) is 3.66. The summed E-state index contributed by atoms with van der Waals surface area (Å²) in [5.41, 5.74) is 1.22. The lowest BCUT2D eigenvalue weighted by molar-refractivity contribution is 0.173. The minimum atomic E-state index is 0.356. The normalized spacial score (nSPS) is 24.8. The molecule has 1 fully saturated rings. The van der Waals surface area contributed by atoms with Crippen molar-refractivity contribution in [3.05, 3.63) is 23.8 Å². The number of hydrogen-bond acceptors (Lipinski definition) is 3. The zero-order chi connectivity index (χ0) is 14.5. The molecule has 2 unspecified atom stereocenters. The van der Waals surface area contributed by atoms with E-state index in [1.807, 2.05) is 6.07 Å². The van der Waals surface area contributed by atoms with E-state index >= 15 is 0 Å². The number of fused-ring (bicyclic) bond motifs is 1. The first kappa shape index (κ1) is 14.7. The summed E-state index contributed by atoms with van der Waals surface area (Å²) < 4.78 is 11.0. The van der Waals surface area contributed by atoms with Crippen LogP contribution in [0.15, 0.2) is 18.2 Å². The summed E-state index contributed by atoms with van der Waals surface area (Å²) in [5.74, 6) is 2.78. The van der Waals surface area contributed by atoms with Gasteiger partial charge in [0.1, 0.15) is 0 Å². The van der Waals surface area contributed by atoms with Gasteiger partial charge in [-0.2, -0.15) is 0 Å². The summed E-state index contributed by atoms with van der Waals surface area (Å²) in [4.78, 5) is 0. The van der Waals surface area contributed by atoms with E-state index in [2.05, 4.69) is 24.4 Å². The lowest BCUT2D eigenvalue weighted by Crippen LogP contribution is -2.28. The average molecular weight is 289 g/mol. The molecule has 0 radical (unpaired) electrons. The van der Waals surface area contributed by atoms with Gasteiger partial charge in [0.2, 0.25) is 6.79 Å². The predicted molar refractivity (Wildman–Crippen MR) is 84.7 cm³/mol. The Morgan fingerprint density at radius 2 is 2.10 bits per heavy atom. The number of hydrogen-bond donors (Lipinski definition) is 1. The van der Waals surface area contributed by atoms with Crippen LogP contribution in [0.4, 0.5) is 0 Å². The van der Waals surface area contributed by atoms with Gasteiger partial charge in [0.25, 0.3) is 0 Å². The minimum Gasteiger partial charge on any atom is -0.454 e. The molecule has 116 valence electrons. The smallest absolute Gasteiger partial charge is 0.231 e. The molecule has 3 heteroatoms. The molecular formula is C18H27NO2. The molecule has 2 atom stereocenters. The highest BCUT2D eigenvalue weighted by molar-refractivity contribution is 5.48. The van der Waals surface area contributed by atoms with E-state index in [0.717, 1.165) is 24.0 Å². The van der Waals surface area contributed by atoms with E-state index in [4.69, 9.17) is 9.47 Å². The van der Waals surface area contributed by atoms with E-state index < -0.39 is 0 Å². The molecule has 0 saturated heterocycles. The quantitative estimate of drug-likeness (QED) is 0.822. The van der Waals surface area contributed by atoms with E-state index in [9.17, 15) is 0 Å². The molecule has 1 aliphatic heterocycles. The van der Waals surface area contributed by atoms with Crippen molar-refractivity contribution in [1.82, 2.24) is 5.32 Å². The van der Waals surface area contributed by atoms with Crippen LogP contribution in [-0.4, -0.2) is 12.8 Å². The Bertz CT molecular complexity index is 461. The maximum absolute atomic E-state index is 5.58. The van der Waals surface area contributed by atoms with Crippen molar-refractivity contribution in [3.63, 3.8) is 0 Å². The Morgan fingerprint density at radius 3 is 3.00 bits per heavy atom. The molecular weight excluding hydrogens is 262 g/mol. The number of para-hydroxylation sites is 1. The summed E-state index contributed by atoms with van der Waals surface area (Å²) in [6.45, 7) is 3.54. The molecule has 1 N–H and O–H groups in total. The van der Waals surface area contributed by atoms with Crippen molar-refractivity contribution < 1.29 is 9.47 Å². The lowest BCUT2D eigenvalue weighted by atomic mass is 9.95. The first-order valence-corrected chi connectivity index (χ1v) is 8.47. The highest BCUT2D eigenvalue weighted by Crippen LogP contribution is 2.35. The molecule has 1 aliphatic carbocycles. The van der Waals surface area contributed by atoms with Gasteiger partial charge in [-0.05, 0) is 31.2 Å². The molecule has 0 spiro atoms. The van der Waals surface area contributed by atoms with Gasteiger partial charge in [-0.25, -0.2) is 0 Å². The topological polar surface area (TPSA) is 30.5 Å². The van der Waals surface area contributed by atoms with Crippen LogP contribution in [0.3, 0.4) is 0 Å². The maximum Gasteiger partial charge on any atom is 0.231 e. The van der Waals surface area contributed by atoms with Crippen molar-refractivity contribution in [2.45, 2.75) is 64.5 Å². The zero-order valence-corrected chi connectivity index (χ0v) is 13.1. The van der Waals surface area contributed by atoms with Gasteiger partial charge in [0.05, 0.1) is 0 Å². The largest absolute Gasteiger partial charge is 0.454 e. The molecule has 21 heavy (non-hydrogen) atoms. The van der Waals surface area contributed by atoms with Crippen LogP contribution in [0, 0.1) is 5.92 Å². The SMILES string of the molecule is CCCC1CCCC(NCc2cccc3c2OCO3)CC1. The second-order valence-electron chi connectivity index (χ2n) is 6.39. The summed E-state index contributed by atoms with van der Waals surface area (Å²) in [6.07, 6.45) is 9.54. The highest BCUT2D eigenvalue weighted by Gasteiger charge is 2.20. The third kappa shape index (κ3) is 3.70. The third-order valence-corrected chi connectivity index (χ3v) is 4.84. The van der Waals surface area contributed by atoms with Crippen molar-refractivity contribution in [1.29, 1.82) is 0 Å². The molecule has 2 aliphatic rings. The predicted octanol–water partition coefficient (Wildman–Crippen LogP) is 4.25. The van der Waals surface area contributed by atoms with Gasteiger partial charge >= 0.3 is 0 Å². The van der Waals surface area contributed by atoms with Gasteiger partial charge in [0.15, 0.2) is 11.5 Å². The monoisotopic (exact) mass is 289 g/mol. The number of benzene rings is 1. The first-order valence-electron chi connectivity index (χ1n) is 8.47. The second-order valence-corrected chi connectivity index (χ2v) is 6.39. The van der Waals surface area contributed by atoms with Crippen LogP contribution in [0.1, 0.15) is 57.4 Å². The minimum absolute atomic E-state index is 0.356. The van der Waals surface area contributed by atoms with Crippen LogP contribution in [0.5, 0.6) is 11.5 Å². The van der Waals surface area contributed by atoms with Crippen LogP contribution in [-0.2, 0) is 6.54 Å². The van der Waals surface area contributed by atoms with Crippen LogP contribution >= 0.6 is 0 Å². The number of ether oxygens (including phenoxy) is 2. The van der Waals surface area contributed by atoms with Crippen molar-refractivity contribution in [2.24, 2.45) is 5.92 Å². The Morgan fingerprint density at radius 1 is 1.14 bits per heavy atom. The lowest BCUT2D eigenvalue weighted by Gasteiger charge is -2.17. The Labute approximate surface area is 128 Å². The summed E-state index contributed by atoms with van der Waals surface area (Å²) in [5, 5.41) is 3.73. The Kier molecular flexibility index (Phi) is 5.02.